The molecule has 5 aromatic rings. The van der Waals surface area contributed by atoms with Crippen molar-refractivity contribution in [3.05, 3.63) is 112 Å². The number of ether oxygens (including phenoxy) is 3. The smallest absolute Gasteiger partial charge is 0.278 e. The van der Waals surface area contributed by atoms with E-state index in [9.17, 15) is 17.6 Å². The molecule has 4 aromatic carbocycles. The zero-order valence-corrected chi connectivity index (χ0v) is 27.8. The summed E-state index contributed by atoms with van der Waals surface area (Å²) in [6.07, 6.45) is 0.765. The zero-order valence-electron chi connectivity index (χ0n) is 26.2. The van der Waals surface area contributed by atoms with Gasteiger partial charge < -0.3 is 18.8 Å². The van der Waals surface area contributed by atoms with Crippen molar-refractivity contribution >= 4 is 38.6 Å². The molecule has 49 heavy (non-hydrogen) atoms. The summed E-state index contributed by atoms with van der Waals surface area (Å²) in [7, 11) is -2.26. The van der Waals surface area contributed by atoms with E-state index in [4.69, 9.17) is 25.8 Å². The van der Waals surface area contributed by atoms with E-state index in [0.717, 1.165) is 6.07 Å². The van der Waals surface area contributed by atoms with Crippen LogP contribution in [0.2, 0.25) is 5.02 Å². The molecule has 1 amide bonds. The number of nitrogens with one attached hydrogen (secondary N) is 1. The van der Waals surface area contributed by atoms with Crippen molar-refractivity contribution < 1.29 is 40.6 Å². The molecule has 1 aromatic heterocycles. The molecule has 9 nitrogen and oxygen atoms in total. The van der Waals surface area contributed by atoms with Gasteiger partial charge in [-0.2, -0.15) is 0 Å². The van der Waals surface area contributed by atoms with Crippen LogP contribution >= 0.6 is 11.6 Å². The van der Waals surface area contributed by atoms with Crippen LogP contribution in [0.15, 0.2) is 66.7 Å². The monoisotopic (exact) mass is 711 g/mol. The average molecular weight is 712 g/mol. The number of halogens is 4. The van der Waals surface area contributed by atoms with Gasteiger partial charge in [0, 0.05) is 48.7 Å². The minimum atomic E-state index is -3.77. The quantitative estimate of drug-likeness (QED) is 0.168. The van der Waals surface area contributed by atoms with E-state index in [1.165, 1.54) is 50.4 Å². The Bertz CT molecular complexity index is 2240. The van der Waals surface area contributed by atoms with Crippen molar-refractivity contribution in [1.82, 2.24) is 14.3 Å². The van der Waals surface area contributed by atoms with E-state index in [1.54, 1.807) is 28.8 Å². The summed E-state index contributed by atoms with van der Waals surface area (Å²) < 4.78 is 92.3. The van der Waals surface area contributed by atoms with E-state index in [1.807, 2.05) is 0 Å². The molecule has 1 N–H and O–H groups in total. The third kappa shape index (κ3) is 6.22. The summed E-state index contributed by atoms with van der Waals surface area (Å²) in [5, 5.41) is -0.367. The highest BCUT2D eigenvalue weighted by Gasteiger charge is 2.42. The minimum Gasteiger partial charge on any atom is -0.444 e. The molecule has 0 saturated heterocycles. The summed E-state index contributed by atoms with van der Waals surface area (Å²) in [5.74, 6) is -3.88. The third-order valence-corrected chi connectivity index (χ3v) is 10.6. The minimum absolute atomic E-state index is 0.0964. The Morgan fingerprint density at radius 1 is 1.04 bits per heavy atom. The molecular weight excluding hydrogens is 683 g/mol. The molecule has 1 fully saturated rings. The molecule has 1 aliphatic carbocycles. The van der Waals surface area contributed by atoms with Crippen LogP contribution in [0.5, 0.6) is 11.5 Å². The van der Waals surface area contributed by atoms with Crippen molar-refractivity contribution in [2.75, 3.05) is 13.7 Å². The number of methoxy groups -OCH3 is 1. The lowest BCUT2D eigenvalue weighted by molar-refractivity contribution is -0.0705. The highest BCUT2D eigenvalue weighted by atomic mass is 35.5. The second-order valence-electron chi connectivity index (χ2n) is 12.1. The largest absolute Gasteiger partial charge is 0.444 e. The lowest BCUT2D eigenvalue weighted by Gasteiger charge is -2.24. The molecular formula is C35H29ClF3N3O6S. The van der Waals surface area contributed by atoms with Gasteiger partial charge in [0.2, 0.25) is 10.0 Å². The standard InChI is InChI=1S/C35H29ClF3N3O6S/c1-35(25-10-7-21(36)17-28(25)39)47-31-5-3-4-23(33(31)48-35)20-14-26(37)24(27(38)15-20)18-32-40-29-11-6-19(16-30(29)42(32)12-13-46-2)34(43)41-49(44,45)22-8-9-22/h3-7,10-11,14-17,22H,8-9,12-13,18H2,1-2H3,(H,41,43). The number of nitrogens with zero attached hydrogens (tertiary/aromatic N) is 2. The van der Waals surface area contributed by atoms with E-state index >= 15 is 8.78 Å². The molecule has 0 radical (unpaired) electrons. The number of carbonyl (C=O) groups is 1. The fraction of sp³-hybridized carbons (Fsp3) is 0.257. The molecule has 14 heteroatoms. The van der Waals surface area contributed by atoms with Crippen LogP contribution in [-0.2, 0) is 33.5 Å². The maximum atomic E-state index is 15.8. The first-order chi connectivity index (χ1) is 23.4. The number of fused-ring (bicyclic) bond motifs is 2. The van der Waals surface area contributed by atoms with E-state index in [-0.39, 0.29) is 58.3 Å². The van der Waals surface area contributed by atoms with E-state index < -0.39 is 44.4 Å². The number of sulfonamides is 1. The van der Waals surface area contributed by atoms with Gasteiger partial charge in [0.15, 0.2) is 11.5 Å². The van der Waals surface area contributed by atoms with Crippen molar-refractivity contribution in [3.63, 3.8) is 0 Å². The van der Waals surface area contributed by atoms with Crippen LogP contribution in [0, 0.1) is 17.5 Å². The van der Waals surface area contributed by atoms with Crippen LogP contribution in [0.25, 0.3) is 22.2 Å². The van der Waals surface area contributed by atoms with Gasteiger partial charge in [0.05, 0.1) is 28.5 Å². The summed E-state index contributed by atoms with van der Waals surface area (Å²) >= 11 is 5.92. The molecule has 7 rings (SSSR count). The van der Waals surface area contributed by atoms with Gasteiger partial charge in [-0.25, -0.2) is 31.3 Å². The van der Waals surface area contributed by atoms with Gasteiger partial charge >= 0.3 is 0 Å². The average Bonchev–Trinajstić information content (AvgIpc) is 3.78. The Hall–Kier alpha value is -4.59. The summed E-state index contributed by atoms with van der Waals surface area (Å²) in [4.78, 5) is 17.4. The molecule has 1 atom stereocenters. The van der Waals surface area contributed by atoms with Gasteiger partial charge in [-0.15, -0.1) is 0 Å². The molecule has 2 heterocycles. The zero-order chi connectivity index (χ0) is 34.7. The molecule has 1 unspecified atom stereocenters. The molecule has 0 spiro atoms. The fourth-order valence-corrected chi connectivity index (χ4v) is 7.40. The van der Waals surface area contributed by atoms with Crippen LogP contribution in [0.4, 0.5) is 13.2 Å². The first-order valence-corrected chi connectivity index (χ1v) is 17.3. The predicted octanol–water partition coefficient (Wildman–Crippen LogP) is 6.88. The van der Waals surface area contributed by atoms with Crippen molar-refractivity contribution in [3.8, 4) is 22.6 Å². The highest BCUT2D eigenvalue weighted by molar-refractivity contribution is 7.91. The number of hydrogen-bond acceptors (Lipinski definition) is 7. The number of benzene rings is 4. The topological polar surface area (TPSA) is 109 Å². The van der Waals surface area contributed by atoms with Gasteiger partial charge in [-0.1, -0.05) is 23.7 Å². The Labute approximate surface area is 284 Å². The Kier molecular flexibility index (Phi) is 8.32. The predicted molar refractivity (Wildman–Crippen MR) is 176 cm³/mol. The lowest BCUT2D eigenvalue weighted by Crippen LogP contribution is -2.33. The van der Waals surface area contributed by atoms with Crippen molar-refractivity contribution in [1.29, 1.82) is 0 Å². The van der Waals surface area contributed by atoms with E-state index in [2.05, 4.69) is 9.71 Å². The Balaban J connectivity index is 1.20. The normalized spacial score (nSPS) is 17.1. The fourth-order valence-electron chi connectivity index (χ4n) is 5.94. The molecule has 1 saturated carbocycles. The second kappa shape index (κ2) is 12.4. The lowest BCUT2D eigenvalue weighted by atomic mass is 10.00. The maximum absolute atomic E-state index is 15.8. The van der Waals surface area contributed by atoms with Crippen molar-refractivity contribution in [2.45, 2.75) is 43.8 Å². The highest BCUT2D eigenvalue weighted by Crippen LogP contribution is 2.50. The molecule has 254 valence electrons. The van der Waals surface area contributed by atoms with Gasteiger partial charge in [-0.05, 0) is 73.0 Å². The number of aromatic nitrogens is 2. The van der Waals surface area contributed by atoms with Crippen LogP contribution in [0.3, 0.4) is 0 Å². The van der Waals surface area contributed by atoms with Crippen LogP contribution < -0.4 is 14.2 Å². The first-order valence-electron chi connectivity index (χ1n) is 15.4. The second-order valence-corrected chi connectivity index (χ2v) is 14.5. The first kappa shape index (κ1) is 32.9. The number of rotatable bonds is 10. The van der Waals surface area contributed by atoms with Gasteiger partial charge in [0.1, 0.15) is 23.3 Å². The maximum Gasteiger partial charge on any atom is 0.278 e. The Morgan fingerprint density at radius 3 is 2.49 bits per heavy atom. The molecule has 1 aliphatic heterocycles. The van der Waals surface area contributed by atoms with Gasteiger partial charge in [0.25, 0.3) is 11.7 Å². The van der Waals surface area contributed by atoms with Crippen LogP contribution in [-0.4, -0.2) is 42.8 Å². The van der Waals surface area contributed by atoms with Gasteiger partial charge in [-0.3, -0.25) is 4.79 Å². The number of para-hydroxylation sites is 1. The van der Waals surface area contributed by atoms with E-state index in [0.29, 0.717) is 35.3 Å². The summed E-state index contributed by atoms with van der Waals surface area (Å²) in [6.45, 7) is 2.01. The van der Waals surface area contributed by atoms with Crippen LogP contribution in [0.1, 0.15) is 47.1 Å². The summed E-state index contributed by atoms with van der Waals surface area (Å²) in [6, 6.07) is 15.8. The molecule has 2 aliphatic rings. The molecule has 0 bridgehead atoms. The number of amides is 1. The summed E-state index contributed by atoms with van der Waals surface area (Å²) in [5.41, 5.74) is 1.37. The third-order valence-electron chi connectivity index (χ3n) is 8.59. The Morgan fingerprint density at radius 2 is 1.80 bits per heavy atom. The van der Waals surface area contributed by atoms with Crippen molar-refractivity contribution in [2.24, 2.45) is 0 Å². The number of carbonyl (C=O) groups excluding carboxylic acids is 1. The number of imidazole rings is 1. The number of hydrogen-bond donors (Lipinski definition) is 1. The SMILES string of the molecule is COCCn1c(Cc2c(F)cc(-c3cccc4c3OC(C)(c3ccc(Cl)cc3F)O4)cc2F)nc2ccc(C(=O)NS(=O)(=O)C3CC3)cc21.